The number of aromatic nitrogens is 4. The first-order valence-corrected chi connectivity index (χ1v) is 12.1. The van der Waals surface area contributed by atoms with Crippen LogP contribution in [0.1, 0.15) is 13.8 Å². The second-order valence-electron chi connectivity index (χ2n) is 7.32. The van der Waals surface area contributed by atoms with Crippen molar-refractivity contribution in [2.45, 2.75) is 24.8 Å². The number of hydrogen-bond donors (Lipinski definition) is 3. The summed E-state index contributed by atoms with van der Waals surface area (Å²) in [6, 6.07) is 6.40. The number of ether oxygens (including phenoxy) is 1. The van der Waals surface area contributed by atoms with Gasteiger partial charge in [0, 0.05) is 36.1 Å². The number of benzene rings is 1. The Morgan fingerprint density at radius 3 is 2.64 bits per heavy atom. The number of carbonyl (C=O) groups excluding carboxylic acids is 1. The van der Waals surface area contributed by atoms with Gasteiger partial charge in [0.1, 0.15) is 5.82 Å². The summed E-state index contributed by atoms with van der Waals surface area (Å²) < 4.78 is 23.0. The summed E-state index contributed by atoms with van der Waals surface area (Å²) >= 11 is 0. The van der Waals surface area contributed by atoms with E-state index in [9.17, 15) is 14.1 Å². The largest absolute Gasteiger partial charge is 0.448 e. The Morgan fingerprint density at radius 1 is 1.30 bits per heavy atom. The standard InChI is InChI=1S/C21H27N7O4S/c1-5-32-21(30)27-33(4,31)16-8-6-15(7-9-16)25-20-23-10-17(18-11-22-13-28(18)3)19(26-20)24-14(2)12-29/h6-11,13-14,29H,5,12H2,1-4H3,(H2,23,24,25,26)/t14-,33?/m1/s1. The molecule has 0 aliphatic rings. The number of anilines is 3. The van der Waals surface area contributed by atoms with E-state index in [-0.39, 0.29) is 19.3 Å². The number of aliphatic hydroxyl groups is 1. The van der Waals surface area contributed by atoms with Crippen molar-refractivity contribution in [3.05, 3.63) is 43.0 Å². The van der Waals surface area contributed by atoms with Gasteiger partial charge in [0.15, 0.2) is 0 Å². The van der Waals surface area contributed by atoms with Crippen LogP contribution in [-0.2, 0) is 21.5 Å². The van der Waals surface area contributed by atoms with Crippen LogP contribution in [0.2, 0.25) is 0 Å². The maximum absolute atomic E-state index is 12.7. The minimum absolute atomic E-state index is 0.0633. The zero-order chi connectivity index (χ0) is 24.0. The number of hydrogen-bond acceptors (Lipinski definition) is 9. The molecule has 2 aromatic heterocycles. The fourth-order valence-corrected chi connectivity index (χ4v) is 3.98. The Labute approximate surface area is 192 Å². The fraction of sp³-hybridized carbons (Fsp3) is 0.333. The zero-order valence-electron chi connectivity index (χ0n) is 18.8. The van der Waals surface area contributed by atoms with Crippen molar-refractivity contribution in [1.82, 2.24) is 19.5 Å². The first-order valence-electron chi connectivity index (χ1n) is 10.2. The highest BCUT2D eigenvalue weighted by Crippen LogP contribution is 2.27. The van der Waals surface area contributed by atoms with Gasteiger partial charge in [-0.2, -0.15) is 4.98 Å². The molecule has 0 bridgehead atoms. The Kier molecular flexibility index (Phi) is 7.61. The van der Waals surface area contributed by atoms with E-state index in [4.69, 9.17) is 4.74 Å². The molecule has 0 saturated carbocycles. The molecule has 3 N–H and O–H groups in total. The van der Waals surface area contributed by atoms with E-state index in [1.165, 1.54) is 6.26 Å². The molecular weight excluding hydrogens is 446 g/mol. The lowest BCUT2D eigenvalue weighted by atomic mass is 10.2. The maximum atomic E-state index is 12.7. The Hall–Kier alpha value is -3.51. The quantitative estimate of drug-likeness (QED) is 0.449. The van der Waals surface area contributed by atoms with Crippen LogP contribution in [0.5, 0.6) is 0 Å². The molecule has 1 amide bonds. The minimum Gasteiger partial charge on any atom is -0.448 e. The molecule has 0 radical (unpaired) electrons. The topological polar surface area (TPSA) is 144 Å². The molecule has 0 aliphatic heterocycles. The summed E-state index contributed by atoms with van der Waals surface area (Å²) in [7, 11) is -1.06. The Morgan fingerprint density at radius 2 is 2.03 bits per heavy atom. The number of rotatable bonds is 8. The average Bonchev–Trinajstić information content (AvgIpc) is 3.19. The second kappa shape index (κ2) is 10.4. The van der Waals surface area contributed by atoms with Crippen LogP contribution in [-0.4, -0.2) is 60.4 Å². The van der Waals surface area contributed by atoms with Crippen molar-refractivity contribution in [3.63, 3.8) is 0 Å². The van der Waals surface area contributed by atoms with Crippen LogP contribution >= 0.6 is 0 Å². The number of carbonyl (C=O) groups is 1. The molecule has 12 heteroatoms. The van der Waals surface area contributed by atoms with Crippen molar-refractivity contribution in [3.8, 4) is 11.3 Å². The number of aryl methyl sites for hydroxylation is 1. The van der Waals surface area contributed by atoms with Crippen molar-refractivity contribution in [1.29, 1.82) is 0 Å². The summed E-state index contributed by atoms with van der Waals surface area (Å²) in [4.78, 5) is 25.1. The Bertz CT molecular complexity index is 1230. The first kappa shape index (κ1) is 24.1. The molecule has 1 unspecified atom stereocenters. The van der Waals surface area contributed by atoms with Crippen LogP contribution in [0.15, 0.2) is 52.2 Å². The number of aliphatic hydroxyl groups excluding tert-OH is 1. The van der Waals surface area contributed by atoms with Crippen molar-refractivity contribution >= 4 is 33.3 Å². The molecule has 0 spiro atoms. The first-order chi connectivity index (χ1) is 15.7. The van der Waals surface area contributed by atoms with Crippen molar-refractivity contribution < 1.29 is 18.8 Å². The van der Waals surface area contributed by atoms with E-state index >= 15 is 0 Å². The van der Waals surface area contributed by atoms with Gasteiger partial charge in [-0.3, -0.25) is 0 Å². The smallest absolute Gasteiger partial charge is 0.442 e. The van der Waals surface area contributed by atoms with Gasteiger partial charge in [0.25, 0.3) is 0 Å². The third-order valence-corrected chi connectivity index (χ3v) is 6.25. The molecule has 2 heterocycles. The molecule has 1 aromatic carbocycles. The SMILES string of the molecule is CCOC(=O)N=S(C)(=O)c1ccc(Nc2ncc(-c3cncn3C)c(N[C@H](C)CO)n2)cc1. The Balaban J connectivity index is 1.86. The highest BCUT2D eigenvalue weighted by molar-refractivity contribution is 7.93. The van der Waals surface area contributed by atoms with Crippen LogP contribution in [0.25, 0.3) is 11.3 Å². The molecule has 3 rings (SSSR count). The lowest BCUT2D eigenvalue weighted by Gasteiger charge is -2.16. The molecule has 0 saturated heterocycles. The average molecular weight is 474 g/mol. The molecule has 176 valence electrons. The van der Waals surface area contributed by atoms with Crippen molar-refractivity contribution in [2.75, 3.05) is 30.1 Å². The number of imidazole rings is 1. The van der Waals surface area contributed by atoms with Gasteiger partial charge in [-0.15, -0.1) is 4.36 Å². The van der Waals surface area contributed by atoms with E-state index in [1.54, 1.807) is 49.9 Å². The molecule has 33 heavy (non-hydrogen) atoms. The van der Waals surface area contributed by atoms with E-state index in [0.717, 1.165) is 11.3 Å². The predicted octanol–water partition coefficient (Wildman–Crippen LogP) is 3.03. The van der Waals surface area contributed by atoms with Gasteiger partial charge in [0.05, 0.1) is 46.7 Å². The van der Waals surface area contributed by atoms with Crippen LogP contribution < -0.4 is 10.6 Å². The molecule has 0 aliphatic carbocycles. The highest BCUT2D eigenvalue weighted by atomic mass is 32.2. The summed E-state index contributed by atoms with van der Waals surface area (Å²) in [5.74, 6) is 0.869. The van der Waals surface area contributed by atoms with E-state index in [2.05, 4.69) is 29.9 Å². The monoisotopic (exact) mass is 473 g/mol. The summed E-state index contributed by atoms with van der Waals surface area (Å²) in [6.07, 6.45) is 5.59. The zero-order valence-corrected chi connectivity index (χ0v) is 19.7. The summed E-state index contributed by atoms with van der Waals surface area (Å²) in [5, 5.41) is 15.7. The predicted molar refractivity (Wildman–Crippen MR) is 126 cm³/mol. The second-order valence-corrected chi connectivity index (χ2v) is 9.57. The van der Waals surface area contributed by atoms with Gasteiger partial charge in [-0.25, -0.2) is 19.0 Å². The number of amides is 1. The van der Waals surface area contributed by atoms with Gasteiger partial charge in [-0.05, 0) is 38.1 Å². The molecule has 11 nitrogen and oxygen atoms in total. The van der Waals surface area contributed by atoms with E-state index in [0.29, 0.717) is 22.3 Å². The van der Waals surface area contributed by atoms with Gasteiger partial charge in [-0.1, -0.05) is 0 Å². The molecule has 2 atom stereocenters. The van der Waals surface area contributed by atoms with Crippen LogP contribution in [0.3, 0.4) is 0 Å². The number of nitrogens with one attached hydrogen (secondary N) is 2. The van der Waals surface area contributed by atoms with E-state index in [1.807, 2.05) is 18.5 Å². The van der Waals surface area contributed by atoms with Crippen molar-refractivity contribution in [2.24, 2.45) is 11.4 Å². The third kappa shape index (κ3) is 6.05. The van der Waals surface area contributed by atoms with Gasteiger partial charge >= 0.3 is 6.09 Å². The van der Waals surface area contributed by atoms with Gasteiger partial charge < -0.3 is 25.0 Å². The highest BCUT2D eigenvalue weighted by Gasteiger charge is 2.15. The molecule has 3 aromatic rings. The third-order valence-electron chi connectivity index (χ3n) is 4.60. The lowest BCUT2D eigenvalue weighted by molar-refractivity contribution is 0.164. The minimum atomic E-state index is -2.93. The normalized spacial score (nSPS) is 13.6. The van der Waals surface area contributed by atoms with Crippen LogP contribution in [0.4, 0.5) is 22.2 Å². The summed E-state index contributed by atoms with van der Waals surface area (Å²) in [5.41, 5.74) is 2.21. The maximum Gasteiger partial charge on any atom is 0.442 e. The molecular formula is C21H27N7O4S. The van der Waals surface area contributed by atoms with Gasteiger partial charge in [0.2, 0.25) is 5.95 Å². The fourth-order valence-electron chi connectivity index (χ4n) is 2.90. The van der Waals surface area contributed by atoms with Crippen LogP contribution in [0, 0.1) is 0 Å². The lowest BCUT2D eigenvalue weighted by Crippen LogP contribution is -2.21. The number of nitrogens with zero attached hydrogens (tertiary/aromatic N) is 5. The van der Waals surface area contributed by atoms with E-state index < -0.39 is 15.8 Å². The molecule has 0 fully saturated rings. The summed E-state index contributed by atoms with van der Waals surface area (Å²) in [6.45, 7) is 3.59.